The van der Waals surface area contributed by atoms with Crippen LogP contribution < -0.4 is 5.32 Å². The number of imide groups is 1. The van der Waals surface area contributed by atoms with Gasteiger partial charge in [0.1, 0.15) is 13.2 Å². The molecule has 0 unspecified atom stereocenters. The highest BCUT2D eigenvalue weighted by Crippen LogP contribution is 2.11. The Morgan fingerprint density at radius 3 is 2.62 bits per heavy atom. The van der Waals surface area contributed by atoms with Crippen molar-refractivity contribution in [3.8, 4) is 0 Å². The Kier molecular flexibility index (Phi) is 10.8. The van der Waals surface area contributed by atoms with E-state index in [0.717, 1.165) is 38.2 Å². The van der Waals surface area contributed by atoms with Crippen LogP contribution in [0.15, 0.2) is 12.7 Å². The molecule has 1 N–H and O–H groups in total. The Balaban J connectivity index is 2.01. The summed E-state index contributed by atoms with van der Waals surface area (Å²) < 4.78 is 9.60. The predicted molar refractivity (Wildman–Crippen MR) is 94.2 cm³/mol. The molecule has 0 aromatic carbocycles. The predicted octanol–water partition coefficient (Wildman–Crippen LogP) is 1.93. The highest BCUT2D eigenvalue weighted by atomic mass is 16.6. The molecule has 0 radical (unpaired) electrons. The van der Waals surface area contributed by atoms with Crippen molar-refractivity contribution >= 4 is 23.9 Å². The largest absolute Gasteiger partial charge is 0.462 e. The summed E-state index contributed by atoms with van der Waals surface area (Å²) in [7, 11) is 0. The molecule has 1 aliphatic rings. The third-order valence-electron chi connectivity index (χ3n) is 3.91. The van der Waals surface area contributed by atoms with Gasteiger partial charge in [0.15, 0.2) is 0 Å². The topological polar surface area (TPSA) is 102 Å². The Morgan fingerprint density at radius 2 is 1.85 bits per heavy atom. The molecule has 0 aliphatic carbocycles. The van der Waals surface area contributed by atoms with E-state index in [4.69, 9.17) is 4.74 Å². The highest BCUT2D eigenvalue weighted by molar-refractivity contribution is 5.94. The molecule has 0 atom stereocenters. The van der Waals surface area contributed by atoms with Crippen LogP contribution in [0.5, 0.6) is 0 Å². The summed E-state index contributed by atoms with van der Waals surface area (Å²) in [5.41, 5.74) is 0. The molecule has 26 heavy (non-hydrogen) atoms. The van der Waals surface area contributed by atoms with E-state index in [1.807, 2.05) is 0 Å². The van der Waals surface area contributed by atoms with Crippen LogP contribution in [0.1, 0.15) is 51.4 Å². The number of carbonyl (C=O) groups is 4. The van der Waals surface area contributed by atoms with Crippen LogP contribution in [0.3, 0.4) is 0 Å². The molecule has 1 heterocycles. The minimum Gasteiger partial charge on any atom is -0.462 e. The number of urea groups is 1. The maximum atomic E-state index is 12.0. The van der Waals surface area contributed by atoms with Crippen molar-refractivity contribution in [2.75, 3.05) is 26.3 Å². The van der Waals surface area contributed by atoms with Crippen LogP contribution in [0, 0.1) is 0 Å². The molecule has 1 aliphatic heterocycles. The molecule has 1 fully saturated rings. The number of likely N-dealkylation sites (tertiary alicyclic amines) is 1. The van der Waals surface area contributed by atoms with Crippen LogP contribution in [-0.4, -0.2) is 55.1 Å². The van der Waals surface area contributed by atoms with E-state index in [1.165, 1.54) is 4.90 Å². The first-order chi connectivity index (χ1) is 12.5. The zero-order valence-corrected chi connectivity index (χ0v) is 15.2. The molecule has 1 rings (SSSR count). The fourth-order valence-electron chi connectivity index (χ4n) is 2.49. The first-order valence-electron chi connectivity index (χ1n) is 9.07. The zero-order valence-electron chi connectivity index (χ0n) is 15.2. The summed E-state index contributed by atoms with van der Waals surface area (Å²) in [6.07, 6.45) is 6.54. The number of ether oxygens (including phenoxy) is 2. The van der Waals surface area contributed by atoms with Gasteiger partial charge in [0.2, 0.25) is 5.91 Å². The number of hydrogen-bond donors (Lipinski definition) is 1. The molecule has 8 heteroatoms. The van der Waals surface area contributed by atoms with Gasteiger partial charge in [-0.2, -0.15) is 0 Å². The van der Waals surface area contributed by atoms with E-state index in [9.17, 15) is 19.2 Å². The summed E-state index contributed by atoms with van der Waals surface area (Å²) in [5, 5.41) is 2.75. The van der Waals surface area contributed by atoms with Gasteiger partial charge in [0, 0.05) is 32.0 Å². The SMILES string of the molecule is C=CC(=O)OCCOC(=O)CCCCCNC(=O)N1CCCCCC1=O. The van der Waals surface area contributed by atoms with E-state index in [2.05, 4.69) is 16.6 Å². The molecular weight excluding hydrogens is 340 g/mol. The minimum atomic E-state index is -0.551. The van der Waals surface area contributed by atoms with Crippen molar-refractivity contribution in [2.45, 2.75) is 51.4 Å². The second kappa shape index (κ2) is 12.9. The van der Waals surface area contributed by atoms with Crippen LogP contribution in [0.2, 0.25) is 0 Å². The fraction of sp³-hybridized carbons (Fsp3) is 0.667. The van der Waals surface area contributed by atoms with Gasteiger partial charge >= 0.3 is 18.0 Å². The van der Waals surface area contributed by atoms with Gasteiger partial charge in [-0.05, 0) is 25.7 Å². The molecule has 146 valence electrons. The lowest BCUT2D eigenvalue weighted by Crippen LogP contribution is -2.43. The third-order valence-corrected chi connectivity index (χ3v) is 3.91. The number of nitrogens with one attached hydrogen (secondary N) is 1. The summed E-state index contributed by atoms with van der Waals surface area (Å²) in [5.74, 6) is -1.01. The van der Waals surface area contributed by atoms with Crippen molar-refractivity contribution in [2.24, 2.45) is 0 Å². The molecule has 0 bridgehead atoms. The Labute approximate surface area is 153 Å². The average molecular weight is 368 g/mol. The van der Waals surface area contributed by atoms with Gasteiger partial charge < -0.3 is 14.8 Å². The van der Waals surface area contributed by atoms with E-state index >= 15 is 0 Å². The second-order valence-corrected chi connectivity index (χ2v) is 5.99. The van der Waals surface area contributed by atoms with Crippen molar-refractivity contribution < 1.29 is 28.7 Å². The van der Waals surface area contributed by atoms with Crippen LogP contribution in [-0.2, 0) is 23.9 Å². The summed E-state index contributed by atoms with van der Waals surface area (Å²) in [6.45, 7) is 4.25. The minimum absolute atomic E-state index is 0.0118. The standard InChI is InChI=1S/C18H28N2O6/c1-2-16(22)25-13-14-26-17(23)10-6-3-7-11-19-18(24)20-12-8-4-5-9-15(20)21/h2H,1,3-14H2,(H,19,24). The van der Waals surface area contributed by atoms with Crippen molar-refractivity contribution in [1.82, 2.24) is 10.2 Å². The number of carbonyl (C=O) groups excluding carboxylic acids is 4. The second-order valence-electron chi connectivity index (χ2n) is 5.99. The molecular formula is C18H28N2O6. The number of rotatable bonds is 10. The number of esters is 2. The lowest BCUT2D eigenvalue weighted by molar-refractivity contribution is -0.149. The molecule has 0 aromatic rings. The third kappa shape index (κ3) is 9.19. The summed E-state index contributed by atoms with van der Waals surface area (Å²) >= 11 is 0. The van der Waals surface area contributed by atoms with Gasteiger partial charge in [-0.1, -0.05) is 19.4 Å². The zero-order chi connectivity index (χ0) is 19.2. The van der Waals surface area contributed by atoms with Gasteiger partial charge in [0.25, 0.3) is 0 Å². The molecule has 3 amide bonds. The Hall–Kier alpha value is -2.38. The van der Waals surface area contributed by atoms with E-state index < -0.39 is 5.97 Å². The van der Waals surface area contributed by atoms with Crippen molar-refractivity contribution in [1.29, 1.82) is 0 Å². The monoisotopic (exact) mass is 368 g/mol. The van der Waals surface area contributed by atoms with Crippen molar-refractivity contribution in [3.05, 3.63) is 12.7 Å². The van der Waals surface area contributed by atoms with Gasteiger partial charge in [0.05, 0.1) is 0 Å². The number of nitrogens with zero attached hydrogens (tertiary/aromatic N) is 1. The molecule has 0 aromatic heterocycles. The first-order valence-corrected chi connectivity index (χ1v) is 9.07. The van der Waals surface area contributed by atoms with E-state index in [0.29, 0.717) is 25.9 Å². The van der Waals surface area contributed by atoms with Crippen LogP contribution in [0.4, 0.5) is 4.79 Å². The highest BCUT2D eigenvalue weighted by Gasteiger charge is 2.22. The Bertz CT molecular complexity index is 506. The van der Waals surface area contributed by atoms with Crippen LogP contribution in [0.25, 0.3) is 0 Å². The lowest BCUT2D eigenvalue weighted by atomic mass is 10.2. The quantitative estimate of drug-likeness (QED) is 0.359. The maximum Gasteiger partial charge on any atom is 0.330 e. The number of unbranched alkanes of at least 4 members (excludes halogenated alkanes) is 2. The first kappa shape index (κ1) is 21.7. The van der Waals surface area contributed by atoms with E-state index in [1.54, 1.807) is 0 Å². The summed E-state index contributed by atoms with van der Waals surface area (Å²) in [4.78, 5) is 47.4. The van der Waals surface area contributed by atoms with Gasteiger partial charge in [-0.25, -0.2) is 9.59 Å². The lowest BCUT2D eigenvalue weighted by Gasteiger charge is -2.18. The average Bonchev–Trinajstić information content (AvgIpc) is 2.85. The van der Waals surface area contributed by atoms with Gasteiger partial charge in [-0.15, -0.1) is 0 Å². The fourth-order valence-corrected chi connectivity index (χ4v) is 2.49. The summed E-state index contributed by atoms with van der Waals surface area (Å²) in [6, 6.07) is -0.328. The van der Waals surface area contributed by atoms with Crippen LogP contribution >= 0.6 is 0 Å². The number of amides is 3. The van der Waals surface area contributed by atoms with Crippen molar-refractivity contribution in [3.63, 3.8) is 0 Å². The molecule has 0 saturated carbocycles. The molecule has 8 nitrogen and oxygen atoms in total. The molecule has 1 saturated heterocycles. The van der Waals surface area contributed by atoms with E-state index in [-0.39, 0.29) is 37.5 Å². The van der Waals surface area contributed by atoms with Gasteiger partial charge in [-0.3, -0.25) is 14.5 Å². The molecule has 0 spiro atoms. The Morgan fingerprint density at radius 1 is 1.08 bits per heavy atom. The maximum absolute atomic E-state index is 12.0. The normalized spacial score (nSPS) is 14.3. The smallest absolute Gasteiger partial charge is 0.330 e. The number of hydrogen-bond acceptors (Lipinski definition) is 6.